The number of para-hydroxylation sites is 1. The Hall–Kier alpha value is -4.76. The zero-order chi connectivity index (χ0) is 25.8. The minimum atomic E-state index is -0.323. The van der Waals surface area contributed by atoms with Gasteiger partial charge in [-0.25, -0.2) is 19.2 Å². The van der Waals surface area contributed by atoms with Crippen LogP contribution in [0.5, 0.6) is 17.5 Å². The number of benzene rings is 2. The van der Waals surface area contributed by atoms with E-state index in [1.54, 1.807) is 35.0 Å². The van der Waals surface area contributed by atoms with Gasteiger partial charge in [-0.05, 0) is 49.4 Å². The van der Waals surface area contributed by atoms with Crippen LogP contribution in [0.25, 0.3) is 22.7 Å². The maximum Gasteiger partial charge on any atom is 0.230 e. The molecule has 9 nitrogen and oxygen atoms in total. The van der Waals surface area contributed by atoms with E-state index in [0.29, 0.717) is 28.3 Å². The predicted molar refractivity (Wildman–Crippen MR) is 141 cm³/mol. The maximum atomic E-state index is 6.49. The van der Waals surface area contributed by atoms with E-state index in [1.165, 1.54) is 0 Å². The summed E-state index contributed by atoms with van der Waals surface area (Å²) < 4.78 is 15.8. The van der Waals surface area contributed by atoms with Gasteiger partial charge in [0.15, 0.2) is 11.5 Å². The summed E-state index contributed by atoms with van der Waals surface area (Å²) in [5.74, 6) is 2.01. The molecule has 1 aliphatic heterocycles. The summed E-state index contributed by atoms with van der Waals surface area (Å²) in [5, 5.41) is 10.2. The van der Waals surface area contributed by atoms with E-state index in [1.807, 2.05) is 67.6 Å². The Morgan fingerprint density at radius 3 is 2.53 bits per heavy atom. The van der Waals surface area contributed by atoms with Crippen LogP contribution in [-0.4, -0.2) is 41.5 Å². The van der Waals surface area contributed by atoms with Crippen molar-refractivity contribution in [1.82, 2.24) is 34.3 Å². The highest BCUT2D eigenvalue weighted by atomic mass is 35.5. The fraction of sp³-hybridized carbons (Fsp3) is 0.107. The quantitative estimate of drug-likeness (QED) is 0.296. The Kier molecular flexibility index (Phi) is 5.12. The summed E-state index contributed by atoms with van der Waals surface area (Å²) in [6, 6.07) is 19.2. The molecule has 4 aromatic heterocycles. The van der Waals surface area contributed by atoms with Gasteiger partial charge in [0.1, 0.15) is 12.1 Å². The molecule has 1 aliphatic rings. The fourth-order valence-electron chi connectivity index (χ4n) is 4.97. The van der Waals surface area contributed by atoms with Gasteiger partial charge in [0.2, 0.25) is 11.8 Å². The van der Waals surface area contributed by atoms with Gasteiger partial charge < -0.3 is 9.47 Å². The first-order chi connectivity index (χ1) is 18.6. The minimum absolute atomic E-state index is 0.323. The van der Waals surface area contributed by atoms with Crippen molar-refractivity contribution < 1.29 is 9.47 Å². The molecular formula is C28H20ClN7O2. The van der Waals surface area contributed by atoms with Gasteiger partial charge >= 0.3 is 0 Å². The lowest BCUT2D eigenvalue weighted by molar-refractivity contribution is 0.393. The molecule has 1 unspecified atom stereocenters. The van der Waals surface area contributed by atoms with Crippen LogP contribution >= 0.6 is 11.6 Å². The minimum Gasteiger partial charge on any atom is -0.496 e. The Bertz CT molecular complexity index is 1810. The van der Waals surface area contributed by atoms with Crippen LogP contribution in [0.2, 0.25) is 5.02 Å². The van der Waals surface area contributed by atoms with Gasteiger partial charge in [0.25, 0.3) is 0 Å². The Morgan fingerprint density at radius 2 is 1.74 bits per heavy atom. The highest BCUT2D eigenvalue weighted by Gasteiger charge is 2.39. The molecular weight excluding hydrogens is 502 g/mol. The van der Waals surface area contributed by atoms with Crippen molar-refractivity contribution in [2.75, 3.05) is 7.11 Å². The summed E-state index contributed by atoms with van der Waals surface area (Å²) in [6.45, 7) is 1.97. The van der Waals surface area contributed by atoms with Gasteiger partial charge in [-0.15, -0.1) is 5.10 Å². The molecule has 0 radical (unpaired) electrons. The number of hydrogen-bond donors (Lipinski definition) is 0. The smallest absolute Gasteiger partial charge is 0.230 e. The van der Waals surface area contributed by atoms with Crippen LogP contribution < -0.4 is 9.47 Å². The third-order valence-corrected chi connectivity index (χ3v) is 6.93. The molecule has 0 saturated heterocycles. The Balaban J connectivity index is 1.51. The second-order valence-electron chi connectivity index (χ2n) is 8.87. The second kappa shape index (κ2) is 8.67. The lowest BCUT2D eigenvalue weighted by Gasteiger charge is -2.27. The molecule has 0 N–H and O–H groups in total. The first kappa shape index (κ1) is 22.4. The molecule has 10 heteroatoms. The van der Waals surface area contributed by atoms with E-state index in [9.17, 15) is 0 Å². The highest BCUT2D eigenvalue weighted by Crippen LogP contribution is 2.51. The normalized spacial score (nSPS) is 14.1. The van der Waals surface area contributed by atoms with E-state index in [4.69, 9.17) is 36.3 Å². The standard InChI is InChI=1S/C28H20ClN7O2/c1-16-22-23(20-5-3-4-6-21(20)37-2)24-26-32-25(17-11-13-30-14-12-17)34-35(26)15-31-27(24)38-28(22)36(33-16)19-9-7-18(29)8-10-19/h3-15,23H,1-2H3. The van der Waals surface area contributed by atoms with Crippen molar-refractivity contribution in [3.8, 4) is 34.6 Å². The summed E-state index contributed by atoms with van der Waals surface area (Å²) in [4.78, 5) is 13.7. The average molecular weight is 522 g/mol. The Labute approximate surface area is 222 Å². The molecule has 186 valence electrons. The van der Waals surface area contributed by atoms with Crippen LogP contribution in [0.3, 0.4) is 0 Å². The molecule has 2 aromatic carbocycles. The Morgan fingerprint density at radius 1 is 0.947 bits per heavy atom. The number of fused-ring (bicyclic) bond motifs is 4. The number of halogens is 1. The highest BCUT2D eigenvalue weighted by molar-refractivity contribution is 6.30. The van der Waals surface area contributed by atoms with Crippen LogP contribution in [-0.2, 0) is 0 Å². The molecule has 7 rings (SSSR count). The SMILES string of the molecule is COc1ccccc1C1c2c(C)nn(-c3ccc(Cl)cc3)c2Oc2ncn3nc(-c4ccncc4)nc3c21. The first-order valence-electron chi connectivity index (χ1n) is 11.9. The molecule has 6 aromatic rings. The van der Waals surface area contributed by atoms with Gasteiger partial charge in [-0.1, -0.05) is 29.8 Å². The van der Waals surface area contributed by atoms with E-state index in [0.717, 1.165) is 39.4 Å². The molecule has 0 aliphatic carbocycles. The van der Waals surface area contributed by atoms with Crippen molar-refractivity contribution >= 4 is 17.2 Å². The van der Waals surface area contributed by atoms with Crippen molar-refractivity contribution in [1.29, 1.82) is 0 Å². The molecule has 0 fully saturated rings. The zero-order valence-electron chi connectivity index (χ0n) is 20.4. The molecule has 0 spiro atoms. The second-order valence-corrected chi connectivity index (χ2v) is 9.31. The van der Waals surface area contributed by atoms with E-state index in [2.05, 4.69) is 9.97 Å². The van der Waals surface area contributed by atoms with Crippen molar-refractivity contribution in [2.45, 2.75) is 12.8 Å². The number of rotatable bonds is 4. The van der Waals surface area contributed by atoms with Crippen molar-refractivity contribution in [3.63, 3.8) is 0 Å². The monoisotopic (exact) mass is 521 g/mol. The maximum absolute atomic E-state index is 6.49. The first-order valence-corrected chi connectivity index (χ1v) is 12.3. The number of nitrogens with zero attached hydrogens (tertiary/aromatic N) is 7. The lowest BCUT2D eigenvalue weighted by atomic mass is 9.84. The zero-order valence-corrected chi connectivity index (χ0v) is 21.2. The van der Waals surface area contributed by atoms with E-state index >= 15 is 0 Å². The number of aryl methyl sites for hydroxylation is 1. The molecule has 5 heterocycles. The van der Waals surface area contributed by atoms with Crippen LogP contribution in [0.4, 0.5) is 0 Å². The summed E-state index contributed by atoms with van der Waals surface area (Å²) in [5.41, 5.74) is 5.77. The van der Waals surface area contributed by atoms with Gasteiger partial charge in [-0.3, -0.25) is 4.98 Å². The summed E-state index contributed by atoms with van der Waals surface area (Å²) >= 11 is 6.15. The van der Waals surface area contributed by atoms with Gasteiger partial charge in [-0.2, -0.15) is 5.10 Å². The van der Waals surface area contributed by atoms with Crippen LogP contribution in [0.15, 0.2) is 79.4 Å². The molecule has 0 saturated carbocycles. The van der Waals surface area contributed by atoms with E-state index in [-0.39, 0.29) is 5.92 Å². The molecule has 38 heavy (non-hydrogen) atoms. The number of hydrogen-bond acceptors (Lipinski definition) is 7. The predicted octanol–water partition coefficient (Wildman–Crippen LogP) is 5.63. The lowest BCUT2D eigenvalue weighted by Crippen LogP contribution is -2.16. The molecule has 1 atom stereocenters. The van der Waals surface area contributed by atoms with Gasteiger partial charge in [0.05, 0.1) is 35.5 Å². The number of ether oxygens (including phenoxy) is 2. The van der Waals surface area contributed by atoms with Gasteiger partial charge in [0, 0.05) is 28.5 Å². The number of aromatic nitrogens is 7. The summed E-state index contributed by atoms with van der Waals surface area (Å²) in [6.07, 6.45) is 5.05. The third kappa shape index (κ3) is 3.43. The summed E-state index contributed by atoms with van der Waals surface area (Å²) in [7, 11) is 1.67. The van der Waals surface area contributed by atoms with Crippen molar-refractivity contribution in [2.24, 2.45) is 0 Å². The fourth-order valence-corrected chi connectivity index (χ4v) is 5.10. The third-order valence-electron chi connectivity index (χ3n) is 6.68. The average Bonchev–Trinajstić information content (AvgIpc) is 3.54. The van der Waals surface area contributed by atoms with Crippen LogP contribution in [0.1, 0.15) is 28.3 Å². The van der Waals surface area contributed by atoms with E-state index < -0.39 is 0 Å². The van der Waals surface area contributed by atoms with Crippen LogP contribution in [0, 0.1) is 6.92 Å². The largest absolute Gasteiger partial charge is 0.496 e. The number of pyridine rings is 1. The molecule has 0 amide bonds. The number of methoxy groups -OCH3 is 1. The topological polar surface area (TPSA) is 92.2 Å². The van der Waals surface area contributed by atoms with Crippen molar-refractivity contribution in [3.05, 3.63) is 107 Å². The molecule has 0 bridgehead atoms.